The standard InChI is InChI=1S/C10H10N2O/c1-7-2-3-10-8(4-7)5-9(13-10)6-12-11/h2-6H,11H2,1H3/b12-6+. The second-order valence-corrected chi connectivity index (χ2v) is 2.97. The molecule has 0 unspecified atom stereocenters. The third-order valence-electron chi connectivity index (χ3n) is 1.89. The summed E-state index contributed by atoms with van der Waals surface area (Å²) in [4.78, 5) is 0. The fraction of sp³-hybridized carbons (Fsp3) is 0.100. The molecule has 0 bridgehead atoms. The summed E-state index contributed by atoms with van der Waals surface area (Å²) in [5, 5.41) is 4.48. The van der Waals surface area contributed by atoms with Crippen LogP contribution in [0, 0.1) is 6.92 Å². The Labute approximate surface area is 75.8 Å². The van der Waals surface area contributed by atoms with Crippen molar-refractivity contribution < 1.29 is 4.42 Å². The van der Waals surface area contributed by atoms with Crippen molar-refractivity contribution in [3.63, 3.8) is 0 Å². The van der Waals surface area contributed by atoms with Gasteiger partial charge < -0.3 is 10.3 Å². The van der Waals surface area contributed by atoms with Crippen LogP contribution >= 0.6 is 0 Å². The molecule has 13 heavy (non-hydrogen) atoms. The SMILES string of the molecule is Cc1ccc2oc(/C=N/N)cc2c1. The van der Waals surface area contributed by atoms with Crippen molar-refractivity contribution in [3.05, 3.63) is 35.6 Å². The van der Waals surface area contributed by atoms with Crippen molar-refractivity contribution in [2.24, 2.45) is 10.9 Å². The fourth-order valence-electron chi connectivity index (χ4n) is 1.32. The lowest BCUT2D eigenvalue weighted by Gasteiger charge is -1.89. The van der Waals surface area contributed by atoms with Crippen molar-refractivity contribution in [2.75, 3.05) is 0 Å². The van der Waals surface area contributed by atoms with Crippen molar-refractivity contribution in [1.29, 1.82) is 0 Å². The van der Waals surface area contributed by atoms with E-state index >= 15 is 0 Å². The Balaban J connectivity index is 2.62. The maximum absolute atomic E-state index is 5.43. The molecule has 0 radical (unpaired) electrons. The van der Waals surface area contributed by atoms with Crippen LogP contribution in [0.4, 0.5) is 0 Å². The minimum Gasteiger partial charge on any atom is -0.455 e. The molecule has 0 atom stereocenters. The first-order valence-electron chi connectivity index (χ1n) is 4.03. The number of furan rings is 1. The topological polar surface area (TPSA) is 51.5 Å². The zero-order chi connectivity index (χ0) is 9.26. The van der Waals surface area contributed by atoms with E-state index in [1.807, 2.05) is 25.1 Å². The van der Waals surface area contributed by atoms with Crippen LogP contribution in [-0.4, -0.2) is 6.21 Å². The van der Waals surface area contributed by atoms with Crippen molar-refractivity contribution in [1.82, 2.24) is 0 Å². The average molecular weight is 174 g/mol. The smallest absolute Gasteiger partial charge is 0.148 e. The van der Waals surface area contributed by atoms with E-state index in [0.717, 1.165) is 11.0 Å². The summed E-state index contributed by atoms with van der Waals surface area (Å²) in [5.41, 5.74) is 2.07. The summed E-state index contributed by atoms with van der Waals surface area (Å²) in [6.07, 6.45) is 1.50. The zero-order valence-corrected chi connectivity index (χ0v) is 7.32. The van der Waals surface area contributed by atoms with Crippen LogP contribution < -0.4 is 5.84 Å². The average Bonchev–Trinajstić information content (AvgIpc) is 2.46. The first kappa shape index (κ1) is 7.86. The van der Waals surface area contributed by atoms with Gasteiger partial charge in [0.05, 0.1) is 6.21 Å². The van der Waals surface area contributed by atoms with E-state index in [-0.39, 0.29) is 0 Å². The second-order valence-electron chi connectivity index (χ2n) is 2.97. The Morgan fingerprint density at radius 1 is 1.38 bits per heavy atom. The molecule has 0 amide bonds. The lowest BCUT2D eigenvalue weighted by molar-refractivity contribution is 0.607. The van der Waals surface area contributed by atoms with E-state index < -0.39 is 0 Å². The number of benzene rings is 1. The third-order valence-corrected chi connectivity index (χ3v) is 1.89. The number of rotatable bonds is 1. The van der Waals surface area contributed by atoms with Gasteiger partial charge in [0, 0.05) is 5.39 Å². The highest BCUT2D eigenvalue weighted by molar-refractivity contribution is 5.87. The highest BCUT2D eigenvalue weighted by atomic mass is 16.3. The van der Waals surface area contributed by atoms with Gasteiger partial charge in [0.25, 0.3) is 0 Å². The molecule has 66 valence electrons. The third kappa shape index (κ3) is 1.40. The molecule has 0 saturated heterocycles. The van der Waals surface area contributed by atoms with E-state index in [1.54, 1.807) is 0 Å². The van der Waals surface area contributed by atoms with E-state index in [9.17, 15) is 0 Å². The molecule has 1 heterocycles. The zero-order valence-electron chi connectivity index (χ0n) is 7.32. The molecule has 0 fully saturated rings. The van der Waals surface area contributed by atoms with Crippen LogP contribution in [0.25, 0.3) is 11.0 Å². The van der Waals surface area contributed by atoms with Gasteiger partial charge in [-0.3, -0.25) is 0 Å². The van der Waals surface area contributed by atoms with Gasteiger partial charge in [-0.15, -0.1) is 0 Å². The van der Waals surface area contributed by atoms with Gasteiger partial charge in [-0.2, -0.15) is 5.10 Å². The predicted molar refractivity (Wildman–Crippen MR) is 52.7 cm³/mol. The summed E-state index contributed by atoms with van der Waals surface area (Å²) in [7, 11) is 0. The number of hydrogen-bond acceptors (Lipinski definition) is 3. The molecule has 1 aromatic carbocycles. The first-order chi connectivity index (χ1) is 6.29. The molecular formula is C10H10N2O. The van der Waals surface area contributed by atoms with E-state index in [0.29, 0.717) is 5.76 Å². The van der Waals surface area contributed by atoms with Crippen molar-refractivity contribution >= 4 is 17.2 Å². The molecular weight excluding hydrogens is 164 g/mol. The summed E-state index contributed by atoms with van der Waals surface area (Å²) >= 11 is 0. The lowest BCUT2D eigenvalue weighted by atomic mass is 10.2. The van der Waals surface area contributed by atoms with E-state index in [4.69, 9.17) is 10.3 Å². The highest BCUT2D eigenvalue weighted by Crippen LogP contribution is 2.19. The monoisotopic (exact) mass is 174 g/mol. The van der Waals surface area contributed by atoms with Crippen LogP contribution in [0.15, 0.2) is 33.8 Å². The molecule has 2 N–H and O–H groups in total. The Kier molecular flexibility index (Phi) is 1.77. The molecule has 2 rings (SSSR count). The summed E-state index contributed by atoms with van der Waals surface area (Å²) in [5.74, 6) is 5.71. The van der Waals surface area contributed by atoms with E-state index in [2.05, 4.69) is 11.2 Å². The minimum atomic E-state index is 0.683. The number of nitrogens with zero attached hydrogens (tertiary/aromatic N) is 1. The van der Waals surface area contributed by atoms with Gasteiger partial charge in [-0.1, -0.05) is 11.6 Å². The summed E-state index contributed by atoms with van der Waals surface area (Å²) < 4.78 is 5.43. The minimum absolute atomic E-state index is 0.683. The van der Waals surface area contributed by atoms with Crippen molar-refractivity contribution in [3.8, 4) is 0 Å². The van der Waals surface area contributed by atoms with Crippen LogP contribution in [0.3, 0.4) is 0 Å². The quantitative estimate of drug-likeness (QED) is 0.408. The van der Waals surface area contributed by atoms with Gasteiger partial charge in [0.1, 0.15) is 11.3 Å². The molecule has 0 saturated carbocycles. The van der Waals surface area contributed by atoms with Crippen LogP contribution in [-0.2, 0) is 0 Å². The number of hydrazone groups is 1. The predicted octanol–water partition coefficient (Wildman–Crippen LogP) is 2.03. The molecule has 0 aliphatic heterocycles. The molecule has 2 aromatic rings. The Bertz CT molecular complexity index is 457. The molecule has 0 spiro atoms. The Morgan fingerprint density at radius 2 is 2.23 bits per heavy atom. The van der Waals surface area contributed by atoms with Gasteiger partial charge in [-0.05, 0) is 25.1 Å². The van der Waals surface area contributed by atoms with Crippen LogP contribution in [0.5, 0.6) is 0 Å². The number of nitrogens with two attached hydrogens (primary N) is 1. The molecule has 3 nitrogen and oxygen atoms in total. The highest BCUT2D eigenvalue weighted by Gasteiger charge is 2.00. The van der Waals surface area contributed by atoms with Crippen LogP contribution in [0.2, 0.25) is 0 Å². The fourth-order valence-corrected chi connectivity index (χ4v) is 1.32. The summed E-state index contributed by atoms with van der Waals surface area (Å²) in [6.45, 7) is 2.04. The van der Waals surface area contributed by atoms with E-state index in [1.165, 1.54) is 11.8 Å². The maximum atomic E-state index is 5.43. The van der Waals surface area contributed by atoms with Gasteiger partial charge >= 0.3 is 0 Å². The van der Waals surface area contributed by atoms with Gasteiger partial charge in [0.2, 0.25) is 0 Å². The lowest BCUT2D eigenvalue weighted by Crippen LogP contribution is -1.81. The van der Waals surface area contributed by atoms with Crippen LogP contribution in [0.1, 0.15) is 11.3 Å². The van der Waals surface area contributed by atoms with Gasteiger partial charge in [-0.25, -0.2) is 0 Å². The number of fused-ring (bicyclic) bond motifs is 1. The molecule has 3 heteroatoms. The van der Waals surface area contributed by atoms with Gasteiger partial charge in [0.15, 0.2) is 0 Å². The normalized spacial score (nSPS) is 11.5. The Morgan fingerprint density at radius 3 is 3.00 bits per heavy atom. The summed E-state index contributed by atoms with van der Waals surface area (Å²) in [6, 6.07) is 7.93. The molecule has 0 aliphatic rings. The number of hydrogen-bond donors (Lipinski definition) is 1. The molecule has 0 aliphatic carbocycles. The largest absolute Gasteiger partial charge is 0.455 e. The first-order valence-corrected chi connectivity index (χ1v) is 4.03. The maximum Gasteiger partial charge on any atom is 0.148 e. The second kappa shape index (κ2) is 2.94. The Hall–Kier alpha value is -1.77. The van der Waals surface area contributed by atoms with Crippen molar-refractivity contribution in [2.45, 2.75) is 6.92 Å². The molecule has 1 aromatic heterocycles. The number of aryl methyl sites for hydroxylation is 1.